The van der Waals surface area contributed by atoms with Gasteiger partial charge in [0.15, 0.2) is 0 Å². The maximum absolute atomic E-state index is 6.08. The van der Waals surface area contributed by atoms with Gasteiger partial charge in [0.05, 0.1) is 12.5 Å². The predicted molar refractivity (Wildman–Crippen MR) is 61.9 cm³/mol. The van der Waals surface area contributed by atoms with E-state index in [1.165, 1.54) is 0 Å². The zero-order chi connectivity index (χ0) is 11.4. The molecule has 2 N–H and O–H groups in total. The predicted octanol–water partition coefficient (Wildman–Crippen LogP) is 2.13. The molecule has 0 amide bonds. The first-order valence-electron chi connectivity index (χ1n) is 5.59. The molecule has 1 unspecified atom stereocenters. The Morgan fingerprint density at radius 2 is 2.44 bits per heavy atom. The van der Waals surface area contributed by atoms with Crippen LogP contribution in [0.5, 0.6) is 0 Å². The molecule has 0 fully saturated rings. The van der Waals surface area contributed by atoms with Crippen LogP contribution in [0.15, 0.2) is 35.4 Å². The molecule has 2 rings (SSSR count). The van der Waals surface area contributed by atoms with Crippen LogP contribution in [-0.4, -0.2) is 9.55 Å². The summed E-state index contributed by atoms with van der Waals surface area (Å²) in [6.45, 7) is 3.15. The second-order valence-electron chi connectivity index (χ2n) is 3.90. The SMILES string of the molecule is CCCn1ccnc1CC(N)c1ccoc1. The number of aromatic nitrogens is 2. The highest BCUT2D eigenvalue weighted by atomic mass is 16.3. The van der Waals surface area contributed by atoms with Gasteiger partial charge in [-0.2, -0.15) is 0 Å². The number of nitrogens with zero attached hydrogens (tertiary/aromatic N) is 2. The van der Waals surface area contributed by atoms with Crippen molar-refractivity contribution in [3.8, 4) is 0 Å². The number of hydrogen-bond acceptors (Lipinski definition) is 3. The first kappa shape index (κ1) is 11.0. The maximum atomic E-state index is 6.08. The van der Waals surface area contributed by atoms with Crippen LogP contribution >= 0.6 is 0 Å². The second-order valence-corrected chi connectivity index (χ2v) is 3.90. The van der Waals surface area contributed by atoms with E-state index >= 15 is 0 Å². The molecule has 0 aromatic carbocycles. The van der Waals surface area contributed by atoms with E-state index in [1.807, 2.05) is 18.5 Å². The van der Waals surface area contributed by atoms with E-state index < -0.39 is 0 Å². The molecule has 4 heteroatoms. The summed E-state index contributed by atoms with van der Waals surface area (Å²) in [7, 11) is 0. The largest absolute Gasteiger partial charge is 0.472 e. The topological polar surface area (TPSA) is 57.0 Å². The van der Waals surface area contributed by atoms with Gasteiger partial charge < -0.3 is 14.7 Å². The lowest BCUT2D eigenvalue weighted by atomic mass is 10.1. The van der Waals surface area contributed by atoms with E-state index in [4.69, 9.17) is 10.2 Å². The molecule has 0 aliphatic rings. The molecule has 4 nitrogen and oxygen atoms in total. The van der Waals surface area contributed by atoms with E-state index in [1.54, 1.807) is 12.5 Å². The maximum Gasteiger partial charge on any atom is 0.110 e. The average Bonchev–Trinajstić information content (AvgIpc) is 2.90. The van der Waals surface area contributed by atoms with Gasteiger partial charge in [-0.05, 0) is 12.5 Å². The highest BCUT2D eigenvalue weighted by molar-refractivity contribution is 5.13. The summed E-state index contributed by atoms with van der Waals surface area (Å²) in [5.41, 5.74) is 7.10. The lowest BCUT2D eigenvalue weighted by molar-refractivity contribution is 0.553. The fraction of sp³-hybridized carbons (Fsp3) is 0.417. The third kappa shape index (κ3) is 2.33. The average molecular weight is 219 g/mol. The lowest BCUT2D eigenvalue weighted by Gasteiger charge is -2.10. The molecule has 2 aromatic heterocycles. The monoisotopic (exact) mass is 219 g/mol. The van der Waals surface area contributed by atoms with Crippen LogP contribution in [-0.2, 0) is 13.0 Å². The molecule has 0 saturated carbocycles. The standard InChI is InChI=1S/C12H17N3O/c1-2-5-15-6-4-14-12(15)8-11(13)10-3-7-16-9-10/h3-4,6-7,9,11H,2,5,8,13H2,1H3. The number of aryl methyl sites for hydroxylation is 1. The number of nitrogens with two attached hydrogens (primary N) is 1. The third-order valence-corrected chi connectivity index (χ3v) is 2.64. The van der Waals surface area contributed by atoms with Gasteiger partial charge in [-0.1, -0.05) is 6.92 Å². The van der Waals surface area contributed by atoms with E-state index in [9.17, 15) is 0 Å². The summed E-state index contributed by atoms with van der Waals surface area (Å²) in [5.74, 6) is 1.04. The van der Waals surface area contributed by atoms with Crippen molar-refractivity contribution < 1.29 is 4.42 Å². The van der Waals surface area contributed by atoms with Crippen molar-refractivity contribution >= 4 is 0 Å². The van der Waals surface area contributed by atoms with Gasteiger partial charge in [0.25, 0.3) is 0 Å². The number of furan rings is 1. The molecule has 16 heavy (non-hydrogen) atoms. The Morgan fingerprint density at radius 1 is 1.56 bits per heavy atom. The summed E-state index contributed by atoms with van der Waals surface area (Å²) < 4.78 is 7.18. The van der Waals surface area contributed by atoms with E-state index in [-0.39, 0.29) is 6.04 Å². The smallest absolute Gasteiger partial charge is 0.110 e. The molecule has 0 aliphatic carbocycles. The fourth-order valence-electron chi connectivity index (χ4n) is 1.78. The summed E-state index contributed by atoms with van der Waals surface area (Å²) in [6.07, 6.45) is 9.01. The zero-order valence-electron chi connectivity index (χ0n) is 9.47. The molecule has 0 aliphatic heterocycles. The van der Waals surface area contributed by atoms with Crippen LogP contribution in [0.3, 0.4) is 0 Å². The lowest BCUT2D eigenvalue weighted by Crippen LogP contribution is -2.15. The quantitative estimate of drug-likeness (QED) is 0.838. The molecule has 0 bridgehead atoms. The molecule has 86 valence electrons. The number of rotatable bonds is 5. The molecule has 1 atom stereocenters. The Morgan fingerprint density at radius 3 is 3.12 bits per heavy atom. The summed E-state index contributed by atoms with van der Waals surface area (Å²) in [4.78, 5) is 4.34. The minimum Gasteiger partial charge on any atom is -0.472 e. The van der Waals surface area contributed by atoms with Crippen molar-refractivity contribution in [1.82, 2.24) is 9.55 Å². The normalized spacial score (nSPS) is 12.9. The van der Waals surface area contributed by atoms with Crippen LogP contribution in [0.2, 0.25) is 0 Å². The van der Waals surface area contributed by atoms with Crippen LogP contribution in [0.25, 0.3) is 0 Å². The Hall–Kier alpha value is -1.55. The molecule has 2 heterocycles. The summed E-state index contributed by atoms with van der Waals surface area (Å²) in [6, 6.07) is 1.86. The fourth-order valence-corrected chi connectivity index (χ4v) is 1.78. The molecule has 0 saturated heterocycles. The summed E-state index contributed by atoms with van der Waals surface area (Å²) in [5, 5.41) is 0. The Kier molecular flexibility index (Phi) is 3.41. The van der Waals surface area contributed by atoms with Gasteiger partial charge in [0.1, 0.15) is 5.82 Å². The van der Waals surface area contributed by atoms with Gasteiger partial charge in [-0.15, -0.1) is 0 Å². The van der Waals surface area contributed by atoms with Crippen molar-refractivity contribution in [2.45, 2.75) is 32.4 Å². The highest BCUT2D eigenvalue weighted by Gasteiger charge is 2.11. The minimum atomic E-state index is -0.0447. The third-order valence-electron chi connectivity index (χ3n) is 2.64. The Balaban J connectivity index is 2.06. The van der Waals surface area contributed by atoms with Gasteiger partial charge in [-0.3, -0.25) is 0 Å². The molecule has 2 aromatic rings. The van der Waals surface area contributed by atoms with Crippen molar-refractivity contribution in [1.29, 1.82) is 0 Å². The van der Waals surface area contributed by atoms with Gasteiger partial charge >= 0.3 is 0 Å². The van der Waals surface area contributed by atoms with Crippen LogP contribution < -0.4 is 5.73 Å². The molecular weight excluding hydrogens is 202 g/mol. The highest BCUT2D eigenvalue weighted by Crippen LogP contribution is 2.15. The van der Waals surface area contributed by atoms with Gasteiger partial charge in [0.2, 0.25) is 0 Å². The number of hydrogen-bond donors (Lipinski definition) is 1. The van der Waals surface area contributed by atoms with E-state index in [2.05, 4.69) is 16.5 Å². The van der Waals surface area contributed by atoms with E-state index in [0.717, 1.165) is 30.8 Å². The first-order valence-corrected chi connectivity index (χ1v) is 5.59. The Bertz CT molecular complexity index is 419. The molecular formula is C12H17N3O. The Labute approximate surface area is 95.1 Å². The van der Waals surface area contributed by atoms with Gasteiger partial charge in [0, 0.05) is 37.0 Å². The van der Waals surface area contributed by atoms with Crippen LogP contribution in [0.1, 0.15) is 30.8 Å². The van der Waals surface area contributed by atoms with Gasteiger partial charge in [-0.25, -0.2) is 4.98 Å². The second kappa shape index (κ2) is 4.99. The first-order chi connectivity index (χ1) is 7.81. The zero-order valence-corrected chi connectivity index (χ0v) is 9.47. The number of imidazole rings is 1. The molecule has 0 spiro atoms. The van der Waals surface area contributed by atoms with E-state index in [0.29, 0.717) is 0 Å². The van der Waals surface area contributed by atoms with Crippen molar-refractivity contribution in [2.24, 2.45) is 5.73 Å². The van der Waals surface area contributed by atoms with Crippen molar-refractivity contribution in [3.63, 3.8) is 0 Å². The minimum absolute atomic E-state index is 0.0447. The van der Waals surface area contributed by atoms with Crippen LogP contribution in [0.4, 0.5) is 0 Å². The summed E-state index contributed by atoms with van der Waals surface area (Å²) >= 11 is 0. The van der Waals surface area contributed by atoms with Crippen molar-refractivity contribution in [2.75, 3.05) is 0 Å². The van der Waals surface area contributed by atoms with Crippen molar-refractivity contribution in [3.05, 3.63) is 42.4 Å². The molecule has 0 radical (unpaired) electrons. The van der Waals surface area contributed by atoms with Crippen LogP contribution in [0, 0.1) is 0 Å².